The fourth-order valence-corrected chi connectivity index (χ4v) is 2.15. The number of aryl methyl sites for hydroxylation is 1. The fourth-order valence-electron chi connectivity index (χ4n) is 2.15. The number of nitrogens with zero attached hydrogens (tertiary/aromatic N) is 1. The summed E-state index contributed by atoms with van der Waals surface area (Å²) >= 11 is 0. The van der Waals surface area contributed by atoms with Crippen LogP contribution in [0.4, 0.5) is 5.69 Å². The number of benzene rings is 1. The lowest BCUT2D eigenvalue weighted by atomic mass is 10.1. The highest BCUT2D eigenvalue weighted by molar-refractivity contribution is 6.01. The number of fused-ring (bicyclic) bond motifs is 1. The zero-order valence-electron chi connectivity index (χ0n) is 9.65. The lowest BCUT2D eigenvalue weighted by Crippen LogP contribution is -2.29. The van der Waals surface area contributed by atoms with Gasteiger partial charge in [-0.05, 0) is 43.9 Å². The number of carbonyl (C=O) groups is 1. The third-order valence-electron chi connectivity index (χ3n) is 2.94. The maximum Gasteiger partial charge on any atom is 0.250 e. The van der Waals surface area contributed by atoms with E-state index in [0.717, 1.165) is 31.5 Å². The lowest BCUT2D eigenvalue weighted by Gasteiger charge is -2.21. The minimum absolute atomic E-state index is 0.0943. The smallest absolute Gasteiger partial charge is 0.250 e. The fraction of sp³-hybridized carbons (Fsp3) is 0.357. The van der Waals surface area contributed by atoms with Gasteiger partial charge < -0.3 is 4.90 Å². The Balaban J connectivity index is 2.36. The van der Waals surface area contributed by atoms with Gasteiger partial charge in [-0.25, -0.2) is 0 Å². The molecule has 0 bridgehead atoms. The van der Waals surface area contributed by atoms with Crippen LogP contribution in [0.5, 0.6) is 0 Å². The number of anilines is 1. The van der Waals surface area contributed by atoms with Crippen LogP contribution in [0.15, 0.2) is 36.4 Å². The first kappa shape index (κ1) is 10.9. The van der Waals surface area contributed by atoms with E-state index < -0.39 is 0 Å². The van der Waals surface area contributed by atoms with Crippen LogP contribution in [-0.2, 0) is 11.2 Å². The van der Waals surface area contributed by atoms with Crippen LogP contribution in [-0.4, -0.2) is 12.5 Å². The molecule has 0 radical (unpaired) electrons. The van der Waals surface area contributed by atoms with Crippen LogP contribution in [0, 0.1) is 0 Å². The molecule has 0 atom stereocenters. The van der Waals surface area contributed by atoms with E-state index in [4.69, 9.17) is 0 Å². The molecule has 0 aliphatic carbocycles. The second kappa shape index (κ2) is 4.97. The van der Waals surface area contributed by atoms with E-state index in [0.29, 0.717) is 0 Å². The Hall–Kier alpha value is -1.57. The Morgan fingerprint density at radius 3 is 2.94 bits per heavy atom. The number of hydrogen-bond donors (Lipinski definition) is 0. The first-order chi connectivity index (χ1) is 7.83. The molecule has 1 aromatic carbocycles. The predicted octanol–water partition coefficient (Wildman–Crippen LogP) is 2.93. The van der Waals surface area contributed by atoms with Gasteiger partial charge in [0.15, 0.2) is 0 Å². The first-order valence-electron chi connectivity index (χ1n) is 5.85. The van der Waals surface area contributed by atoms with Crippen molar-refractivity contribution in [3.05, 3.63) is 42.0 Å². The molecule has 2 nitrogen and oxygen atoms in total. The van der Waals surface area contributed by atoms with Crippen LogP contribution in [0.3, 0.4) is 0 Å². The Bertz CT molecular complexity index is 409. The Morgan fingerprint density at radius 1 is 1.31 bits per heavy atom. The zero-order valence-corrected chi connectivity index (χ0v) is 9.65. The third kappa shape index (κ3) is 2.16. The van der Waals surface area contributed by atoms with Gasteiger partial charge in [0, 0.05) is 12.2 Å². The predicted molar refractivity (Wildman–Crippen MR) is 66.5 cm³/mol. The van der Waals surface area contributed by atoms with Crippen molar-refractivity contribution in [3.63, 3.8) is 0 Å². The van der Waals surface area contributed by atoms with Crippen molar-refractivity contribution in [1.29, 1.82) is 0 Å². The quantitative estimate of drug-likeness (QED) is 0.659. The van der Waals surface area contributed by atoms with Gasteiger partial charge in [0.05, 0.1) is 0 Å². The highest BCUT2D eigenvalue weighted by Gasteiger charge is 2.18. The third-order valence-corrected chi connectivity index (χ3v) is 2.94. The van der Waals surface area contributed by atoms with Gasteiger partial charge in [0.1, 0.15) is 0 Å². The number of hydrogen-bond acceptors (Lipinski definition) is 1. The molecule has 0 spiro atoms. The molecule has 1 aromatic rings. The normalized spacial score (nSPS) is 15.9. The van der Waals surface area contributed by atoms with E-state index in [-0.39, 0.29) is 5.91 Å². The molecule has 84 valence electrons. The molecule has 1 aliphatic heterocycles. The second-order valence-electron chi connectivity index (χ2n) is 4.08. The molecule has 2 rings (SSSR count). The second-order valence-corrected chi connectivity index (χ2v) is 4.08. The molecule has 16 heavy (non-hydrogen) atoms. The van der Waals surface area contributed by atoms with Gasteiger partial charge in [-0.3, -0.25) is 4.79 Å². The van der Waals surface area contributed by atoms with Crippen LogP contribution in [0.1, 0.15) is 25.3 Å². The molecule has 0 saturated carbocycles. The van der Waals surface area contributed by atoms with Crippen LogP contribution in [0.25, 0.3) is 0 Å². The van der Waals surface area contributed by atoms with E-state index in [1.807, 2.05) is 30.0 Å². The zero-order chi connectivity index (χ0) is 11.4. The molecule has 1 amide bonds. The van der Waals surface area contributed by atoms with Gasteiger partial charge in [0.2, 0.25) is 0 Å². The van der Waals surface area contributed by atoms with Crippen molar-refractivity contribution in [2.24, 2.45) is 0 Å². The number of rotatable bonds is 1. The van der Waals surface area contributed by atoms with E-state index in [2.05, 4.69) is 6.07 Å². The summed E-state index contributed by atoms with van der Waals surface area (Å²) in [5.74, 6) is 0.0943. The van der Waals surface area contributed by atoms with Gasteiger partial charge in [-0.15, -0.1) is 0 Å². The summed E-state index contributed by atoms with van der Waals surface area (Å²) in [6.07, 6.45) is 6.77. The highest BCUT2D eigenvalue weighted by atomic mass is 16.2. The van der Waals surface area contributed by atoms with Crippen molar-refractivity contribution < 1.29 is 4.79 Å². The van der Waals surface area contributed by atoms with Gasteiger partial charge in [-0.2, -0.15) is 0 Å². The highest BCUT2D eigenvalue weighted by Crippen LogP contribution is 2.26. The van der Waals surface area contributed by atoms with Gasteiger partial charge >= 0.3 is 0 Å². The number of para-hydroxylation sites is 1. The summed E-state index contributed by atoms with van der Waals surface area (Å²) in [5, 5.41) is 0. The summed E-state index contributed by atoms with van der Waals surface area (Å²) in [6.45, 7) is 2.71. The molecule has 1 aliphatic rings. The van der Waals surface area contributed by atoms with E-state index in [1.54, 1.807) is 12.2 Å². The number of carbonyl (C=O) groups excluding carboxylic acids is 1. The molecule has 2 heteroatoms. The average molecular weight is 215 g/mol. The maximum absolute atomic E-state index is 12.0. The Morgan fingerprint density at radius 2 is 2.12 bits per heavy atom. The topological polar surface area (TPSA) is 20.3 Å². The minimum atomic E-state index is 0.0943. The van der Waals surface area contributed by atoms with E-state index in [1.165, 1.54) is 5.56 Å². The molecule has 0 N–H and O–H groups in total. The SMILES string of the molecule is CC=CC(=O)N1CCCCc2ccccc21. The molecule has 0 saturated heterocycles. The standard InChI is InChI=1S/C14H17NO/c1-2-7-14(16)15-11-6-5-9-12-8-3-4-10-13(12)15/h2-4,7-8,10H,5-6,9,11H2,1H3. The average Bonchev–Trinajstić information content (AvgIpc) is 2.51. The minimum Gasteiger partial charge on any atom is -0.309 e. The molecule has 0 fully saturated rings. The Kier molecular flexibility index (Phi) is 3.40. The molecular formula is C14H17NO. The molecule has 1 heterocycles. The molecular weight excluding hydrogens is 198 g/mol. The van der Waals surface area contributed by atoms with Crippen LogP contribution >= 0.6 is 0 Å². The van der Waals surface area contributed by atoms with Crippen LogP contribution < -0.4 is 4.90 Å². The van der Waals surface area contributed by atoms with Gasteiger partial charge in [-0.1, -0.05) is 24.3 Å². The van der Waals surface area contributed by atoms with Crippen molar-refractivity contribution >= 4 is 11.6 Å². The monoisotopic (exact) mass is 215 g/mol. The summed E-state index contributed by atoms with van der Waals surface area (Å²) in [5.41, 5.74) is 2.38. The summed E-state index contributed by atoms with van der Waals surface area (Å²) in [6, 6.07) is 8.21. The molecule has 0 aromatic heterocycles. The summed E-state index contributed by atoms with van der Waals surface area (Å²) in [7, 11) is 0. The maximum atomic E-state index is 12.0. The Labute approximate surface area is 96.6 Å². The van der Waals surface area contributed by atoms with Crippen molar-refractivity contribution in [1.82, 2.24) is 0 Å². The molecule has 0 unspecified atom stereocenters. The van der Waals surface area contributed by atoms with Crippen molar-refractivity contribution in [2.45, 2.75) is 26.2 Å². The number of amides is 1. The van der Waals surface area contributed by atoms with Crippen molar-refractivity contribution in [2.75, 3.05) is 11.4 Å². The summed E-state index contributed by atoms with van der Waals surface area (Å²) in [4.78, 5) is 13.8. The summed E-state index contributed by atoms with van der Waals surface area (Å²) < 4.78 is 0. The van der Waals surface area contributed by atoms with Crippen LogP contribution in [0.2, 0.25) is 0 Å². The van der Waals surface area contributed by atoms with Crippen molar-refractivity contribution in [3.8, 4) is 0 Å². The lowest BCUT2D eigenvalue weighted by molar-refractivity contribution is -0.114. The first-order valence-corrected chi connectivity index (χ1v) is 5.85. The number of allylic oxidation sites excluding steroid dienone is 1. The van der Waals surface area contributed by atoms with Gasteiger partial charge in [0.25, 0.3) is 5.91 Å². The largest absolute Gasteiger partial charge is 0.309 e. The van der Waals surface area contributed by atoms with E-state index >= 15 is 0 Å². The van der Waals surface area contributed by atoms with E-state index in [9.17, 15) is 4.79 Å².